The highest BCUT2D eigenvalue weighted by Gasteiger charge is 2.07. The SMILES string of the molecule is CCCC(CC)c1ccc(C#N)cc1. The highest BCUT2D eigenvalue weighted by Crippen LogP contribution is 2.24. The summed E-state index contributed by atoms with van der Waals surface area (Å²) in [6, 6.07) is 10.1. The van der Waals surface area contributed by atoms with Crippen molar-refractivity contribution in [2.45, 2.75) is 39.0 Å². The van der Waals surface area contributed by atoms with Crippen molar-refractivity contribution in [3.8, 4) is 6.07 Å². The van der Waals surface area contributed by atoms with E-state index in [4.69, 9.17) is 5.26 Å². The second-order valence-electron chi connectivity index (χ2n) is 3.63. The average Bonchev–Trinajstić information content (AvgIpc) is 2.26. The molecule has 0 bridgehead atoms. The first kappa shape index (κ1) is 10.8. The molecule has 0 saturated heterocycles. The summed E-state index contributed by atoms with van der Waals surface area (Å²) in [5.41, 5.74) is 2.12. The molecule has 1 unspecified atom stereocenters. The summed E-state index contributed by atoms with van der Waals surface area (Å²) >= 11 is 0. The maximum Gasteiger partial charge on any atom is 0.0991 e. The molecule has 0 aliphatic heterocycles. The van der Waals surface area contributed by atoms with Crippen LogP contribution in [0.3, 0.4) is 0 Å². The Morgan fingerprint density at radius 2 is 1.86 bits per heavy atom. The van der Waals surface area contributed by atoms with Gasteiger partial charge in [-0.15, -0.1) is 0 Å². The normalized spacial score (nSPS) is 12.1. The number of benzene rings is 1. The third-order valence-corrected chi connectivity index (χ3v) is 2.64. The number of rotatable bonds is 4. The van der Waals surface area contributed by atoms with Crippen molar-refractivity contribution in [3.63, 3.8) is 0 Å². The third-order valence-electron chi connectivity index (χ3n) is 2.64. The standard InChI is InChI=1S/C13H17N/c1-3-5-12(4-2)13-8-6-11(10-14)7-9-13/h6-9,12H,3-5H2,1-2H3. The minimum atomic E-state index is 0.660. The lowest BCUT2D eigenvalue weighted by atomic mass is 9.92. The summed E-state index contributed by atoms with van der Waals surface area (Å²) in [4.78, 5) is 0. The van der Waals surface area contributed by atoms with Crippen LogP contribution in [0.15, 0.2) is 24.3 Å². The molecule has 1 aromatic rings. The Bertz CT molecular complexity index is 305. The summed E-state index contributed by atoms with van der Waals surface area (Å²) in [5, 5.41) is 8.68. The van der Waals surface area contributed by atoms with E-state index in [9.17, 15) is 0 Å². The van der Waals surface area contributed by atoms with Crippen LogP contribution in [-0.2, 0) is 0 Å². The number of hydrogen-bond acceptors (Lipinski definition) is 1. The Hall–Kier alpha value is -1.29. The van der Waals surface area contributed by atoms with E-state index in [2.05, 4.69) is 32.0 Å². The van der Waals surface area contributed by atoms with Gasteiger partial charge in [-0.25, -0.2) is 0 Å². The minimum Gasteiger partial charge on any atom is -0.192 e. The molecule has 0 heterocycles. The fourth-order valence-electron chi connectivity index (χ4n) is 1.78. The molecule has 14 heavy (non-hydrogen) atoms. The van der Waals surface area contributed by atoms with Crippen LogP contribution >= 0.6 is 0 Å². The van der Waals surface area contributed by atoms with Gasteiger partial charge in [-0.1, -0.05) is 32.4 Å². The van der Waals surface area contributed by atoms with Gasteiger partial charge in [-0.05, 0) is 36.5 Å². The molecule has 1 atom stereocenters. The average molecular weight is 187 g/mol. The van der Waals surface area contributed by atoms with E-state index < -0.39 is 0 Å². The maximum absolute atomic E-state index is 8.68. The second kappa shape index (κ2) is 5.44. The Morgan fingerprint density at radius 1 is 1.21 bits per heavy atom. The Labute approximate surface area is 86.4 Å². The van der Waals surface area contributed by atoms with E-state index in [1.165, 1.54) is 24.8 Å². The Morgan fingerprint density at radius 3 is 2.29 bits per heavy atom. The van der Waals surface area contributed by atoms with Crippen molar-refractivity contribution >= 4 is 0 Å². The van der Waals surface area contributed by atoms with Gasteiger partial charge in [0.05, 0.1) is 11.6 Å². The van der Waals surface area contributed by atoms with Gasteiger partial charge in [0.2, 0.25) is 0 Å². The van der Waals surface area contributed by atoms with E-state index in [0.29, 0.717) is 5.92 Å². The molecule has 0 aliphatic carbocycles. The van der Waals surface area contributed by atoms with Crippen LogP contribution in [0, 0.1) is 11.3 Å². The number of nitrogens with zero attached hydrogens (tertiary/aromatic N) is 1. The maximum atomic E-state index is 8.68. The molecule has 0 fully saturated rings. The molecule has 0 aromatic heterocycles. The minimum absolute atomic E-state index is 0.660. The predicted octanol–water partition coefficient (Wildman–Crippen LogP) is 3.85. The molecule has 1 nitrogen and oxygen atoms in total. The Kier molecular flexibility index (Phi) is 4.19. The van der Waals surface area contributed by atoms with Crippen molar-refractivity contribution in [1.29, 1.82) is 5.26 Å². The number of nitriles is 1. The quantitative estimate of drug-likeness (QED) is 0.702. The molecule has 74 valence electrons. The van der Waals surface area contributed by atoms with Crippen LogP contribution in [0.2, 0.25) is 0 Å². The van der Waals surface area contributed by atoms with Crippen LogP contribution in [0.25, 0.3) is 0 Å². The first-order chi connectivity index (χ1) is 6.81. The molecule has 0 spiro atoms. The van der Waals surface area contributed by atoms with Crippen molar-refractivity contribution in [1.82, 2.24) is 0 Å². The summed E-state index contributed by atoms with van der Waals surface area (Å²) in [7, 11) is 0. The fourth-order valence-corrected chi connectivity index (χ4v) is 1.78. The van der Waals surface area contributed by atoms with Crippen LogP contribution < -0.4 is 0 Å². The molecular formula is C13H17N. The molecule has 1 heteroatoms. The molecule has 0 aliphatic rings. The summed E-state index contributed by atoms with van der Waals surface area (Å²) < 4.78 is 0. The van der Waals surface area contributed by atoms with Gasteiger partial charge in [0.1, 0.15) is 0 Å². The highest BCUT2D eigenvalue weighted by atomic mass is 14.2. The Balaban J connectivity index is 2.79. The van der Waals surface area contributed by atoms with E-state index in [0.717, 1.165) is 5.56 Å². The van der Waals surface area contributed by atoms with Gasteiger partial charge in [0.15, 0.2) is 0 Å². The zero-order valence-corrected chi connectivity index (χ0v) is 8.96. The zero-order chi connectivity index (χ0) is 10.4. The van der Waals surface area contributed by atoms with Crippen molar-refractivity contribution in [2.24, 2.45) is 0 Å². The lowest BCUT2D eigenvalue weighted by Crippen LogP contribution is -1.96. The third kappa shape index (κ3) is 2.60. The highest BCUT2D eigenvalue weighted by molar-refractivity contribution is 5.32. The van der Waals surface area contributed by atoms with Crippen LogP contribution in [0.4, 0.5) is 0 Å². The molecule has 0 radical (unpaired) electrons. The molecular weight excluding hydrogens is 170 g/mol. The summed E-state index contributed by atoms with van der Waals surface area (Å²) in [6.45, 7) is 4.44. The van der Waals surface area contributed by atoms with E-state index >= 15 is 0 Å². The van der Waals surface area contributed by atoms with Crippen molar-refractivity contribution in [2.75, 3.05) is 0 Å². The van der Waals surface area contributed by atoms with Crippen molar-refractivity contribution in [3.05, 3.63) is 35.4 Å². The fraction of sp³-hybridized carbons (Fsp3) is 0.462. The van der Waals surface area contributed by atoms with E-state index in [1.807, 2.05) is 12.1 Å². The van der Waals surface area contributed by atoms with Gasteiger partial charge in [-0.3, -0.25) is 0 Å². The van der Waals surface area contributed by atoms with Crippen LogP contribution in [0.1, 0.15) is 50.2 Å². The predicted molar refractivity (Wildman–Crippen MR) is 59.1 cm³/mol. The lowest BCUT2D eigenvalue weighted by Gasteiger charge is -2.13. The summed E-state index contributed by atoms with van der Waals surface area (Å²) in [6.07, 6.45) is 3.64. The first-order valence-electron chi connectivity index (χ1n) is 5.31. The van der Waals surface area contributed by atoms with Gasteiger partial charge in [-0.2, -0.15) is 5.26 Å². The molecule has 0 saturated carbocycles. The molecule has 0 N–H and O–H groups in total. The van der Waals surface area contributed by atoms with Crippen LogP contribution in [-0.4, -0.2) is 0 Å². The van der Waals surface area contributed by atoms with E-state index in [1.54, 1.807) is 0 Å². The topological polar surface area (TPSA) is 23.8 Å². The van der Waals surface area contributed by atoms with Crippen molar-refractivity contribution < 1.29 is 0 Å². The lowest BCUT2D eigenvalue weighted by molar-refractivity contribution is 0.596. The smallest absolute Gasteiger partial charge is 0.0991 e. The molecule has 0 amide bonds. The summed E-state index contributed by atoms with van der Waals surface area (Å²) in [5.74, 6) is 0.660. The largest absolute Gasteiger partial charge is 0.192 e. The zero-order valence-electron chi connectivity index (χ0n) is 8.96. The second-order valence-corrected chi connectivity index (χ2v) is 3.63. The van der Waals surface area contributed by atoms with Gasteiger partial charge in [0, 0.05) is 0 Å². The molecule has 1 aromatic carbocycles. The van der Waals surface area contributed by atoms with Gasteiger partial charge < -0.3 is 0 Å². The van der Waals surface area contributed by atoms with Gasteiger partial charge >= 0.3 is 0 Å². The van der Waals surface area contributed by atoms with Gasteiger partial charge in [0.25, 0.3) is 0 Å². The molecule has 1 rings (SSSR count). The first-order valence-corrected chi connectivity index (χ1v) is 5.31. The van der Waals surface area contributed by atoms with E-state index in [-0.39, 0.29) is 0 Å². The number of hydrogen-bond donors (Lipinski definition) is 0. The van der Waals surface area contributed by atoms with Crippen LogP contribution in [0.5, 0.6) is 0 Å². The monoisotopic (exact) mass is 187 g/mol.